The average Bonchev–Trinajstić information content (AvgIpc) is 1.98. The van der Waals surface area contributed by atoms with Crippen LogP contribution in [0, 0.1) is 5.92 Å². The third-order valence-electron chi connectivity index (χ3n) is 2.55. The highest BCUT2D eigenvalue weighted by Crippen LogP contribution is 2.15. The van der Waals surface area contributed by atoms with E-state index in [1.807, 2.05) is 13.8 Å². The summed E-state index contributed by atoms with van der Waals surface area (Å²) in [7, 11) is 0. The third-order valence-corrected chi connectivity index (χ3v) is 2.55. The second-order valence-corrected chi connectivity index (χ2v) is 5.83. The largest absolute Gasteiger partial charge is 0.326 e. The summed E-state index contributed by atoms with van der Waals surface area (Å²) >= 11 is 0. The van der Waals surface area contributed by atoms with Gasteiger partial charge in [-0.25, -0.2) is 0 Å². The van der Waals surface area contributed by atoms with Crippen molar-refractivity contribution in [2.75, 3.05) is 6.54 Å². The van der Waals surface area contributed by atoms with Crippen molar-refractivity contribution in [1.82, 2.24) is 5.32 Å². The van der Waals surface area contributed by atoms with Crippen LogP contribution in [0.3, 0.4) is 0 Å². The Morgan fingerprint density at radius 1 is 1.14 bits per heavy atom. The van der Waals surface area contributed by atoms with Crippen molar-refractivity contribution >= 4 is 0 Å². The van der Waals surface area contributed by atoms with Gasteiger partial charge in [0.15, 0.2) is 0 Å². The van der Waals surface area contributed by atoms with Crippen molar-refractivity contribution in [3.05, 3.63) is 0 Å². The van der Waals surface area contributed by atoms with Crippen LogP contribution in [-0.2, 0) is 0 Å². The molecule has 0 saturated carbocycles. The average molecular weight is 201 g/mol. The molecule has 0 aliphatic rings. The molecule has 3 nitrogen and oxygen atoms in total. The lowest BCUT2D eigenvalue weighted by Gasteiger charge is -2.37. The highest BCUT2D eigenvalue weighted by molar-refractivity contribution is 4.93. The molecule has 3 heteroatoms. The lowest BCUT2D eigenvalue weighted by atomic mass is 9.86. The molecule has 0 aliphatic heterocycles. The molecule has 0 radical (unpaired) electrons. The van der Waals surface area contributed by atoms with Crippen LogP contribution in [0.25, 0.3) is 0 Å². The van der Waals surface area contributed by atoms with E-state index in [2.05, 4.69) is 33.0 Å². The van der Waals surface area contributed by atoms with E-state index >= 15 is 0 Å². The second-order valence-electron chi connectivity index (χ2n) is 5.83. The first-order valence-corrected chi connectivity index (χ1v) is 5.36. The molecule has 0 aromatic rings. The molecule has 0 amide bonds. The summed E-state index contributed by atoms with van der Waals surface area (Å²) in [6.07, 6.45) is 0. The quantitative estimate of drug-likeness (QED) is 0.623. The van der Waals surface area contributed by atoms with Gasteiger partial charge in [-0.3, -0.25) is 0 Å². The van der Waals surface area contributed by atoms with Gasteiger partial charge in [0.1, 0.15) is 0 Å². The van der Waals surface area contributed by atoms with Gasteiger partial charge < -0.3 is 16.8 Å². The van der Waals surface area contributed by atoms with Crippen molar-refractivity contribution in [3.63, 3.8) is 0 Å². The minimum absolute atomic E-state index is 0.0647. The van der Waals surface area contributed by atoms with Crippen molar-refractivity contribution in [1.29, 1.82) is 0 Å². The first kappa shape index (κ1) is 13.9. The Kier molecular flexibility index (Phi) is 4.56. The summed E-state index contributed by atoms with van der Waals surface area (Å²) in [6, 6.07) is 0.143. The summed E-state index contributed by atoms with van der Waals surface area (Å²) in [4.78, 5) is 0. The van der Waals surface area contributed by atoms with E-state index in [0.29, 0.717) is 5.92 Å². The number of nitrogens with one attached hydrogen (secondary N) is 1. The van der Waals surface area contributed by atoms with Crippen molar-refractivity contribution in [2.24, 2.45) is 17.4 Å². The maximum Gasteiger partial charge on any atom is 0.0279 e. The molecule has 0 bridgehead atoms. The van der Waals surface area contributed by atoms with Gasteiger partial charge in [-0.1, -0.05) is 13.8 Å². The molecule has 0 rings (SSSR count). The van der Waals surface area contributed by atoms with Gasteiger partial charge in [-0.15, -0.1) is 0 Å². The zero-order valence-corrected chi connectivity index (χ0v) is 10.5. The highest BCUT2D eigenvalue weighted by Gasteiger charge is 2.29. The summed E-state index contributed by atoms with van der Waals surface area (Å²) in [5.41, 5.74) is 11.8. The van der Waals surface area contributed by atoms with Crippen molar-refractivity contribution < 1.29 is 0 Å². The number of hydrogen-bond acceptors (Lipinski definition) is 3. The van der Waals surface area contributed by atoms with E-state index < -0.39 is 0 Å². The summed E-state index contributed by atoms with van der Waals surface area (Å²) in [5.74, 6) is 0.471. The van der Waals surface area contributed by atoms with Crippen LogP contribution in [0.15, 0.2) is 0 Å². The molecule has 0 spiro atoms. The summed E-state index contributed by atoms with van der Waals surface area (Å²) in [6.45, 7) is 13.3. The van der Waals surface area contributed by atoms with E-state index in [0.717, 1.165) is 6.54 Å². The molecular weight excluding hydrogens is 174 g/mol. The van der Waals surface area contributed by atoms with Crippen molar-refractivity contribution in [2.45, 2.75) is 58.7 Å². The third kappa shape index (κ3) is 4.94. The molecule has 0 aliphatic carbocycles. The molecule has 5 N–H and O–H groups in total. The molecule has 0 heterocycles. The fourth-order valence-electron chi connectivity index (χ4n) is 1.41. The number of nitrogens with two attached hydrogens (primary N) is 2. The predicted octanol–water partition coefficient (Wildman–Crippen LogP) is 1.08. The minimum Gasteiger partial charge on any atom is -0.326 e. The van der Waals surface area contributed by atoms with Gasteiger partial charge in [0.2, 0.25) is 0 Å². The molecule has 86 valence electrons. The Hall–Kier alpha value is -0.120. The van der Waals surface area contributed by atoms with E-state index in [4.69, 9.17) is 11.5 Å². The molecule has 14 heavy (non-hydrogen) atoms. The van der Waals surface area contributed by atoms with Gasteiger partial charge in [-0.05, 0) is 33.6 Å². The second kappa shape index (κ2) is 4.60. The fourth-order valence-corrected chi connectivity index (χ4v) is 1.41. The molecule has 1 unspecified atom stereocenters. The summed E-state index contributed by atoms with van der Waals surface area (Å²) in [5, 5.41) is 3.43. The van der Waals surface area contributed by atoms with Gasteiger partial charge >= 0.3 is 0 Å². The van der Waals surface area contributed by atoms with Crippen LogP contribution in [0.1, 0.15) is 41.5 Å². The van der Waals surface area contributed by atoms with Gasteiger partial charge in [-0.2, -0.15) is 0 Å². The van der Waals surface area contributed by atoms with Gasteiger partial charge in [0, 0.05) is 23.7 Å². The van der Waals surface area contributed by atoms with Crippen LogP contribution < -0.4 is 16.8 Å². The van der Waals surface area contributed by atoms with E-state index in [9.17, 15) is 0 Å². The monoisotopic (exact) mass is 201 g/mol. The van der Waals surface area contributed by atoms with Gasteiger partial charge in [0.05, 0.1) is 0 Å². The predicted molar refractivity (Wildman–Crippen MR) is 63.2 cm³/mol. The van der Waals surface area contributed by atoms with E-state index in [1.54, 1.807) is 0 Å². The maximum absolute atomic E-state index is 6.12. The van der Waals surface area contributed by atoms with Crippen LogP contribution in [0.5, 0.6) is 0 Å². The normalized spacial score (nSPS) is 16.1. The minimum atomic E-state index is -0.187. The zero-order valence-electron chi connectivity index (χ0n) is 10.5. The first-order valence-electron chi connectivity index (χ1n) is 5.36. The SMILES string of the molecule is CC(C)C(N)C(C)(C)NCC(C)(C)N. The highest BCUT2D eigenvalue weighted by atomic mass is 15.0. The Labute approximate surface area is 88.6 Å². The smallest absolute Gasteiger partial charge is 0.0279 e. The molecule has 0 fully saturated rings. The maximum atomic E-state index is 6.12. The molecule has 0 saturated heterocycles. The standard InChI is InChI=1S/C11H27N3/c1-8(2)9(12)11(5,6)14-7-10(3,4)13/h8-9,14H,7,12-13H2,1-6H3. The van der Waals surface area contributed by atoms with Crippen LogP contribution in [0.4, 0.5) is 0 Å². The van der Waals surface area contributed by atoms with E-state index in [1.165, 1.54) is 0 Å². The van der Waals surface area contributed by atoms with Crippen molar-refractivity contribution in [3.8, 4) is 0 Å². The van der Waals surface area contributed by atoms with Crippen LogP contribution in [-0.4, -0.2) is 23.7 Å². The Balaban J connectivity index is 4.20. The Morgan fingerprint density at radius 3 is 1.86 bits per heavy atom. The zero-order chi connectivity index (χ0) is 11.6. The van der Waals surface area contributed by atoms with Gasteiger partial charge in [0.25, 0.3) is 0 Å². The fraction of sp³-hybridized carbons (Fsp3) is 1.00. The Bertz CT molecular complexity index is 168. The lowest BCUT2D eigenvalue weighted by molar-refractivity contribution is 0.250. The Morgan fingerprint density at radius 2 is 1.57 bits per heavy atom. The van der Waals surface area contributed by atoms with E-state index in [-0.39, 0.29) is 17.1 Å². The molecule has 0 aromatic carbocycles. The summed E-state index contributed by atoms with van der Waals surface area (Å²) < 4.78 is 0. The van der Waals surface area contributed by atoms with Crippen LogP contribution >= 0.6 is 0 Å². The molecule has 0 aromatic heterocycles. The number of hydrogen-bond donors (Lipinski definition) is 3. The molecule has 1 atom stereocenters. The molecular formula is C11H27N3. The van der Waals surface area contributed by atoms with Crippen LogP contribution in [0.2, 0.25) is 0 Å². The topological polar surface area (TPSA) is 64.1 Å². The number of rotatable bonds is 5. The first-order chi connectivity index (χ1) is 6.06. The lowest BCUT2D eigenvalue weighted by Crippen LogP contribution is -2.60.